The van der Waals surface area contributed by atoms with Crippen LogP contribution in [0.2, 0.25) is 0 Å². The molecule has 17 heavy (non-hydrogen) atoms. The first kappa shape index (κ1) is 14.2. The van der Waals surface area contributed by atoms with Crippen molar-refractivity contribution in [1.82, 2.24) is 0 Å². The summed E-state index contributed by atoms with van der Waals surface area (Å²) in [5, 5.41) is 0. The Labute approximate surface area is 104 Å². The zero-order valence-electron chi connectivity index (χ0n) is 10.9. The molecule has 0 atom stereocenters. The molecule has 3 nitrogen and oxygen atoms in total. The Hall–Kier alpha value is -0.860. The summed E-state index contributed by atoms with van der Waals surface area (Å²) in [5.74, 6) is 0.541. The lowest BCUT2D eigenvalue weighted by atomic mass is 9.93. The predicted octanol–water partition coefficient (Wildman–Crippen LogP) is 3.26. The van der Waals surface area contributed by atoms with E-state index in [0.717, 1.165) is 0 Å². The van der Waals surface area contributed by atoms with Crippen molar-refractivity contribution in [2.75, 3.05) is 6.61 Å². The van der Waals surface area contributed by atoms with Crippen molar-refractivity contribution in [2.45, 2.75) is 64.7 Å². The summed E-state index contributed by atoms with van der Waals surface area (Å²) in [5.41, 5.74) is 0. The van der Waals surface area contributed by atoms with Crippen LogP contribution in [0.5, 0.6) is 0 Å². The van der Waals surface area contributed by atoms with Crippen molar-refractivity contribution in [3.8, 4) is 0 Å². The van der Waals surface area contributed by atoms with Crippen molar-refractivity contribution >= 4 is 11.8 Å². The molecule has 0 saturated heterocycles. The van der Waals surface area contributed by atoms with Crippen LogP contribution in [0.15, 0.2) is 0 Å². The normalized spacial score (nSPS) is 17.5. The smallest absolute Gasteiger partial charge is 0.306 e. The maximum atomic E-state index is 11.7. The molecule has 1 saturated carbocycles. The van der Waals surface area contributed by atoms with Gasteiger partial charge in [-0.25, -0.2) is 0 Å². The second-order valence-electron chi connectivity index (χ2n) is 4.91. The van der Waals surface area contributed by atoms with Crippen molar-refractivity contribution in [2.24, 2.45) is 5.92 Å². The molecular weight excluding hydrogens is 216 g/mol. The number of hydrogen-bond acceptors (Lipinski definition) is 3. The molecule has 0 aromatic rings. The van der Waals surface area contributed by atoms with Crippen LogP contribution in [0, 0.1) is 5.92 Å². The largest absolute Gasteiger partial charge is 0.466 e. The molecule has 1 aliphatic carbocycles. The topological polar surface area (TPSA) is 43.4 Å². The first-order valence-corrected chi connectivity index (χ1v) is 6.89. The Morgan fingerprint density at radius 3 is 2.29 bits per heavy atom. The first-order chi connectivity index (χ1) is 8.22. The highest BCUT2D eigenvalue weighted by molar-refractivity contribution is 5.83. The lowest BCUT2D eigenvalue weighted by Crippen LogP contribution is -2.11. The fourth-order valence-electron chi connectivity index (χ4n) is 2.47. The zero-order chi connectivity index (χ0) is 12.5. The third-order valence-electron chi connectivity index (χ3n) is 3.40. The van der Waals surface area contributed by atoms with Gasteiger partial charge in [0.1, 0.15) is 5.78 Å². The molecule has 0 spiro atoms. The summed E-state index contributed by atoms with van der Waals surface area (Å²) < 4.78 is 4.81. The van der Waals surface area contributed by atoms with Crippen molar-refractivity contribution < 1.29 is 14.3 Å². The summed E-state index contributed by atoms with van der Waals surface area (Å²) in [6.07, 6.45) is 8.79. The Kier molecular flexibility index (Phi) is 6.90. The highest BCUT2D eigenvalue weighted by atomic mass is 16.5. The number of hydrogen-bond donors (Lipinski definition) is 0. The van der Waals surface area contributed by atoms with Gasteiger partial charge in [0.2, 0.25) is 0 Å². The van der Waals surface area contributed by atoms with Gasteiger partial charge in [0.05, 0.1) is 13.0 Å². The third kappa shape index (κ3) is 6.44. The maximum Gasteiger partial charge on any atom is 0.306 e. The molecule has 1 fully saturated rings. The van der Waals surface area contributed by atoms with Gasteiger partial charge in [-0.3, -0.25) is 9.59 Å². The van der Waals surface area contributed by atoms with E-state index in [2.05, 4.69) is 0 Å². The van der Waals surface area contributed by atoms with E-state index in [1.54, 1.807) is 6.92 Å². The van der Waals surface area contributed by atoms with Crippen molar-refractivity contribution in [3.05, 3.63) is 0 Å². The number of carbonyl (C=O) groups excluding carboxylic acids is 2. The van der Waals surface area contributed by atoms with E-state index in [1.165, 1.54) is 38.5 Å². The molecule has 0 radical (unpaired) electrons. The lowest BCUT2D eigenvalue weighted by Gasteiger charge is -2.12. The predicted molar refractivity (Wildman–Crippen MR) is 66.7 cm³/mol. The van der Waals surface area contributed by atoms with E-state index in [0.29, 0.717) is 25.4 Å². The second-order valence-corrected chi connectivity index (χ2v) is 4.91. The van der Waals surface area contributed by atoms with E-state index < -0.39 is 0 Å². The molecule has 1 rings (SSSR count). The second kappa shape index (κ2) is 8.26. The van der Waals surface area contributed by atoms with Gasteiger partial charge in [0.25, 0.3) is 0 Å². The highest BCUT2D eigenvalue weighted by Gasteiger charge is 2.16. The first-order valence-electron chi connectivity index (χ1n) is 6.89. The van der Waals surface area contributed by atoms with Crippen molar-refractivity contribution in [3.63, 3.8) is 0 Å². The van der Waals surface area contributed by atoms with Crippen LogP contribution in [0.1, 0.15) is 64.7 Å². The molecule has 0 aromatic heterocycles. The summed E-state index contributed by atoms with van der Waals surface area (Å²) in [4.78, 5) is 22.8. The Morgan fingerprint density at radius 1 is 1.06 bits per heavy atom. The van der Waals surface area contributed by atoms with E-state index >= 15 is 0 Å². The summed E-state index contributed by atoms with van der Waals surface area (Å²) in [6.45, 7) is 2.18. The standard InChI is InChI=1S/C14H24O3/c1-2-17-14(16)10-9-13(15)11-12-7-5-3-4-6-8-12/h12H,2-11H2,1H3. The van der Waals surface area contributed by atoms with Gasteiger partial charge in [-0.05, 0) is 12.8 Å². The van der Waals surface area contributed by atoms with E-state index in [4.69, 9.17) is 4.74 Å². The SMILES string of the molecule is CCOC(=O)CCC(=O)CC1CCCCCC1. The van der Waals surface area contributed by atoms with Gasteiger partial charge in [-0.15, -0.1) is 0 Å². The fraction of sp³-hybridized carbons (Fsp3) is 0.857. The lowest BCUT2D eigenvalue weighted by molar-refractivity contribution is -0.144. The minimum atomic E-state index is -0.248. The van der Waals surface area contributed by atoms with Crippen LogP contribution < -0.4 is 0 Å². The molecule has 0 N–H and O–H groups in total. The number of Topliss-reactive ketones (excluding diaryl/α,β-unsaturated/α-hetero) is 1. The molecule has 0 heterocycles. The Bertz CT molecular complexity index is 240. The third-order valence-corrected chi connectivity index (χ3v) is 3.40. The van der Waals surface area contributed by atoms with Gasteiger partial charge < -0.3 is 4.74 Å². The minimum absolute atomic E-state index is 0.227. The van der Waals surface area contributed by atoms with Crippen LogP contribution >= 0.6 is 0 Å². The number of carbonyl (C=O) groups is 2. The van der Waals surface area contributed by atoms with E-state index in [-0.39, 0.29) is 18.2 Å². The minimum Gasteiger partial charge on any atom is -0.466 e. The Morgan fingerprint density at radius 2 is 1.71 bits per heavy atom. The molecule has 1 aliphatic rings. The number of ether oxygens (including phenoxy) is 1. The van der Waals surface area contributed by atoms with Gasteiger partial charge in [0.15, 0.2) is 0 Å². The summed E-state index contributed by atoms with van der Waals surface area (Å²) in [7, 11) is 0. The van der Waals surface area contributed by atoms with Gasteiger partial charge in [-0.1, -0.05) is 38.5 Å². The van der Waals surface area contributed by atoms with Gasteiger partial charge in [-0.2, -0.15) is 0 Å². The average Bonchev–Trinajstić information content (AvgIpc) is 2.55. The molecule has 0 unspecified atom stereocenters. The van der Waals surface area contributed by atoms with Gasteiger partial charge >= 0.3 is 5.97 Å². The average molecular weight is 240 g/mol. The Balaban J connectivity index is 2.17. The van der Waals surface area contributed by atoms with Crippen LogP contribution in [0.25, 0.3) is 0 Å². The van der Waals surface area contributed by atoms with E-state index in [1.807, 2.05) is 0 Å². The van der Waals surface area contributed by atoms with E-state index in [9.17, 15) is 9.59 Å². The summed E-state index contributed by atoms with van der Waals surface area (Å²) >= 11 is 0. The van der Waals surface area contributed by atoms with Crippen LogP contribution in [0.3, 0.4) is 0 Å². The van der Waals surface area contributed by atoms with Crippen molar-refractivity contribution in [1.29, 1.82) is 0 Å². The van der Waals surface area contributed by atoms with Crippen LogP contribution in [-0.4, -0.2) is 18.4 Å². The van der Waals surface area contributed by atoms with Crippen LogP contribution in [-0.2, 0) is 14.3 Å². The molecule has 0 bridgehead atoms. The zero-order valence-corrected chi connectivity index (χ0v) is 10.9. The fourth-order valence-corrected chi connectivity index (χ4v) is 2.47. The van der Waals surface area contributed by atoms with Crippen LogP contribution in [0.4, 0.5) is 0 Å². The molecule has 3 heteroatoms. The molecule has 0 amide bonds. The highest BCUT2D eigenvalue weighted by Crippen LogP contribution is 2.26. The molecule has 0 aromatic carbocycles. The molecule has 0 aliphatic heterocycles. The monoisotopic (exact) mass is 240 g/mol. The maximum absolute atomic E-state index is 11.7. The number of rotatable bonds is 6. The quantitative estimate of drug-likeness (QED) is 0.528. The van der Waals surface area contributed by atoms with Gasteiger partial charge in [0, 0.05) is 12.8 Å². The number of esters is 1. The molecular formula is C14H24O3. The summed E-state index contributed by atoms with van der Waals surface area (Å²) in [6, 6.07) is 0. The number of ketones is 1. The molecule has 98 valence electrons.